The minimum absolute atomic E-state index is 0.0736. The predicted molar refractivity (Wildman–Crippen MR) is 129 cm³/mol. The van der Waals surface area contributed by atoms with E-state index >= 15 is 4.39 Å². The van der Waals surface area contributed by atoms with E-state index in [1.54, 1.807) is 12.1 Å². The van der Waals surface area contributed by atoms with Gasteiger partial charge in [0.2, 0.25) is 0 Å². The van der Waals surface area contributed by atoms with Gasteiger partial charge in [-0.3, -0.25) is 0 Å². The second kappa shape index (κ2) is 10.9. The molecule has 0 atom stereocenters. The summed E-state index contributed by atoms with van der Waals surface area (Å²) in [6.07, 6.45) is 5.51. The summed E-state index contributed by atoms with van der Waals surface area (Å²) in [4.78, 5) is 0. The third-order valence-corrected chi connectivity index (χ3v) is 6.06. The molecule has 4 aromatic rings. The van der Waals surface area contributed by atoms with Gasteiger partial charge in [-0.05, 0) is 59.2 Å². The average molecular weight is 485 g/mol. The van der Waals surface area contributed by atoms with Crippen LogP contribution in [0, 0.1) is 17.5 Å². The molecule has 4 aromatic carbocycles. The molecule has 4 rings (SSSR count). The molecule has 0 aromatic heterocycles. The van der Waals surface area contributed by atoms with Gasteiger partial charge < -0.3 is 4.74 Å². The molecule has 0 unspecified atom stereocenters. The third-order valence-electron chi connectivity index (χ3n) is 6.06. The molecule has 0 aliphatic rings. The molecule has 35 heavy (non-hydrogen) atoms. The van der Waals surface area contributed by atoms with Crippen LogP contribution < -0.4 is 4.74 Å². The molecule has 6 heteroatoms. The van der Waals surface area contributed by atoms with E-state index in [-0.39, 0.29) is 28.0 Å². The highest BCUT2D eigenvalue weighted by molar-refractivity contribution is 5.89. The summed E-state index contributed by atoms with van der Waals surface area (Å²) in [5.41, 5.74) is 1.12. The number of alkyl halides is 2. The number of fused-ring (bicyclic) bond motifs is 1. The molecule has 0 N–H and O–H groups in total. The highest BCUT2D eigenvalue weighted by Gasteiger charge is 2.17. The van der Waals surface area contributed by atoms with Gasteiger partial charge in [0.25, 0.3) is 0 Å². The summed E-state index contributed by atoms with van der Waals surface area (Å²) in [6.45, 7) is -0.837. The first-order valence-corrected chi connectivity index (χ1v) is 11.6. The van der Waals surface area contributed by atoms with Crippen LogP contribution >= 0.6 is 0 Å². The van der Waals surface area contributed by atoms with E-state index in [9.17, 15) is 17.6 Å². The standard InChI is InChI=1S/C29H25F5O/c1-2-3-4-5-6-18-7-13-23-20(15-18)10-14-24(28(23)32)21-16-25(30)27(26(31)17-21)19-8-11-22(12-9-19)35-29(33)34/h7-17,29H,2-6H2,1H3. The van der Waals surface area contributed by atoms with Crippen molar-refractivity contribution in [2.24, 2.45) is 0 Å². The summed E-state index contributed by atoms with van der Waals surface area (Å²) >= 11 is 0. The van der Waals surface area contributed by atoms with E-state index in [1.165, 1.54) is 36.8 Å². The van der Waals surface area contributed by atoms with Gasteiger partial charge in [-0.25, -0.2) is 13.2 Å². The zero-order valence-electron chi connectivity index (χ0n) is 19.3. The number of unbranched alkanes of at least 4 members (excludes halogenated alkanes) is 3. The van der Waals surface area contributed by atoms with Crippen LogP contribution in [0.2, 0.25) is 0 Å². The maximum atomic E-state index is 15.4. The topological polar surface area (TPSA) is 9.23 Å². The molecule has 0 saturated carbocycles. The van der Waals surface area contributed by atoms with E-state index in [0.717, 1.165) is 48.8 Å². The van der Waals surface area contributed by atoms with Gasteiger partial charge in [0.15, 0.2) is 0 Å². The summed E-state index contributed by atoms with van der Waals surface area (Å²) in [7, 11) is 0. The maximum absolute atomic E-state index is 15.4. The van der Waals surface area contributed by atoms with Gasteiger partial charge in [-0.1, -0.05) is 68.7 Å². The van der Waals surface area contributed by atoms with E-state index in [1.807, 2.05) is 12.1 Å². The smallest absolute Gasteiger partial charge is 0.387 e. The van der Waals surface area contributed by atoms with Crippen molar-refractivity contribution < 1.29 is 26.7 Å². The van der Waals surface area contributed by atoms with Gasteiger partial charge in [-0.15, -0.1) is 0 Å². The van der Waals surface area contributed by atoms with E-state index in [4.69, 9.17) is 0 Å². The first-order valence-electron chi connectivity index (χ1n) is 11.6. The van der Waals surface area contributed by atoms with Crippen LogP contribution in [-0.2, 0) is 6.42 Å². The maximum Gasteiger partial charge on any atom is 0.387 e. The van der Waals surface area contributed by atoms with Crippen molar-refractivity contribution in [2.75, 3.05) is 0 Å². The van der Waals surface area contributed by atoms with Crippen molar-refractivity contribution in [3.05, 3.63) is 89.7 Å². The summed E-state index contributed by atoms with van der Waals surface area (Å²) in [5.74, 6) is -2.43. The highest BCUT2D eigenvalue weighted by Crippen LogP contribution is 2.35. The molecular weight excluding hydrogens is 459 g/mol. The quantitative estimate of drug-likeness (QED) is 0.170. The molecule has 0 aliphatic heterocycles. The van der Waals surface area contributed by atoms with Gasteiger partial charge >= 0.3 is 6.61 Å². The third kappa shape index (κ3) is 5.64. The van der Waals surface area contributed by atoms with Crippen LogP contribution in [0.5, 0.6) is 5.75 Å². The number of hydrogen-bond acceptors (Lipinski definition) is 1. The lowest BCUT2D eigenvalue weighted by atomic mass is 9.95. The minimum atomic E-state index is -3.00. The normalized spacial score (nSPS) is 11.4. The number of aryl methyl sites for hydroxylation is 1. The molecule has 1 nitrogen and oxygen atoms in total. The largest absolute Gasteiger partial charge is 0.435 e. The molecule has 0 spiro atoms. The lowest BCUT2D eigenvalue weighted by Gasteiger charge is -2.12. The number of benzene rings is 4. The Morgan fingerprint density at radius 1 is 0.743 bits per heavy atom. The molecule has 0 saturated heterocycles. The molecule has 0 aliphatic carbocycles. The van der Waals surface area contributed by atoms with Crippen LogP contribution in [0.15, 0.2) is 66.7 Å². The summed E-state index contributed by atoms with van der Waals surface area (Å²) in [6, 6.07) is 16.0. The second-order valence-corrected chi connectivity index (χ2v) is 8.51. The molecule has 0 amide bonds. The monoisotopic (exact) mass is 484 g/mol. The Balaban J connectivity index is 1.62. The zero-order chi connectivity index (χ0) is 24.9. The van der Waals surface area contributed by atoms with E-state index in [0.29, 0.717) is 5.39 Å². The highest BCUT2D eigenvalue weighted by atomic mass is 19.3. The second-order valence-electron chi connectivity index (χ2n) is 8.51. The van der Waals surface area contributed by atoms with Crippen molar-refractivity contribution in [1.82, 2.24) is 0 Å². The van der Waals surface area contributed by atoms with Crippen molar-refractivity contribution in [3.63, 3.8) is 0 Å². The van der Waals surface area contributed by atoms with Crippen LogP contribution in [0.1, 0.15) is 38.2 Å². The van der Waals surface area contributed by atoms with Crippen LogP contribution in [-0.4, -0.2) is 6.61 Å². The Labute approximate surface area is 201 Å². The molecule has 182 valence electrons. The first-order chi connectivity index (χ1) is 16.9. The minimum Gasteiger partial charge on any atom is -0.435 e. The SMILES string of the molecule is CCCCCCc1ccc2c(F)c(-c3cc(F)c(-c4ccc(OC(F)F)cc4)c(F)c3)ccc2c1. The Hall–Kier alpha value is -3.41. The van der Waals surface area contributed by atoms with Crippen molar-refractivity contribution in [2.45, 2.75) is 45.6 Å². The van der Waals surface area contributed by atoms with E-state index in [2.05, 4.69) is 11.7 Å². The van der Waals surface area contributed by atoms with Crippen molar-refractivity contribution in [1.29, 1.82) is 0 Å². The summed E-state index contributed by atoms with van der Waals surface area (Å²) < 4.78 is 74.2. The Kier molecular flexibility index (Phi) is 7.69. The molecule has 0 bridgehead atoms. The number of ether oxygens (including phenoxy) is 1. The molecule has 0 radical (unpaired) electrons. The predicted octanol–water partition coefficient (Wildman–Crippen LogP) is 9.32. The van der Waals surface area contributed by atoms with Gasteiger partial charge in [0.05, 0.1) is 5.56 Å². The number of halogens is 5. The zero-order valence-corrected chi connectivity index (χ0v) is 19.3. The molecular formula is C29H25F5O. The number of hydrogen-bond donors (Lipinski definition) is 0. The van der Waals surface area contributed by atoms with Crippen LogP contribution in [0.25, 0.3) is 33.0 Å². The fourth-order valence-electron chi connectivity index (χ4n) is 4.28. The fraction of sp³-hybridized carbons (Fsp3) is 0.241. The fourth-order valence-corrected chi connectivity index (χ4v) is 4.28. The van der Waals surface area contributed by atoms with Crippen molar-refractivity contribution >= 4 is 10.8 Å². The van der Waals surface area contributed by atoms with Gasteiger partial charge in [-0.2, -0.15) is 8.78 Å². The van der Waals surface area contributed by atoms with Crippen LogP contribution in [0.4, 0.5) is 22.0 Å². The Bertz CT molecular complexity index is 1290. The Morgan fingerprint density at radius 3 is 2.11 bits per heavy atom. The van der Waals surface area contributed by atoms with Gasteiger partial charge in [0, 0.05) is 10.9 Å². The number of rotatable bonds is 9. The lowest BCUT2D eigenvalue weighted by Crippen LogP contribution is -2.01. The average Bonchev–Trinajstić information content (AvgIpc) is 2.82. The van der Waals surface area contributed by atoms with Crippen molar-refractivity contribution in [3.8, 4) is 28.0 Å². The summed E-state index contributed by atoms with van der Waals surface area (Å²) in [5, 5.41) is 1.13. The first kappa shape index (κ1) is 24.7. The molecule has 0 fully saturated rings. The van der Waals surface area contributed by atoms with Crippen LogP contribution in [0.3, 0.4) is 0 Å². The lowest BCUT2D eigenvalue weighted by molar-refractivity contribution is -0.0498. The van der Waals surface area contributed by atoms with E-state index < -0.39 is 24.1 Å². The Morgan fingerprint density at radius 2 is 1.46 bits per heavy atom. The van der Waals surface area contributed by atoms with Gasteiger partial charge in [0.1, 0.15) is 23.2 Å². The molecule has 0 heterocycles.